The lowest BCUT2D eigenvalue weighted by Crippen LogP contribution is -2.25. The third-order valence-corrected chi connectivity index (χ3v) is 2.87. The first kappa shape index (κ1) is 11.9. The maximum Gasteiger partial charge on any atom is 0.0946 e. The summed E-state index contributed by atoms with van der Waals surface area (Å²) in [5.41, 5.74) is 2.42. The number of aromatic nitrogens is 2. The van der Waals surface area contributed by atoms with Gasteiger partial charge in [0.05, 0.1) is 30.6 Å². The van der Waals surface area contributed by atoms with Crippen molar-refractivity contribution < 1.29 is 4.42 Å². The number of aryl methyl sites for hydroxylation is 1. The number of furan rings is 1. The van der Waals surface area contributed by atoms with Gasteiger partial charge in [0.15, 0.2) is 0 Å². The zero-order valence-corrected chi connectivity index (χ0v) is 10.4. The molecule has 0 amide bonds. The average molecular weight is 233 g/mol. The van der Waals surface area contributed by atoms with Crippen LogP contribution in [0, 0.1) is 0 Å². The van der Waals surface area contributed by atoms with E-state index in [4.69, 9.17) is 4.42 Å². The largest absolute Gasteiger partial charge is 0.472 e. The fourth-order valence-electron chi connectivity index (χ4n) is 1.95. The quantitative estimate of drug-likeness (QED) is 0.832. The van der Waals surface area contributed by atoms with Crippen LogP contribution in [0.3, 0.4) is 0 Å². The van der Waals surface area contributed by atoms with Gasteiger partial charge in [-0.1, -0.05) is 6.92 Å². The van der Waals surface area contributed by atoms with Crippen molar-refractivity contribution >= 4 is 0 Å². The van der Waals surface area contributed by atoms with E-state index in [2.05, 4.69) is 21.8 Å². The van der Waals surface area contributed by atoms with E-state index in [1.807, 2.05) is 25.6 Å². The molecule has 4 nitrogen and oxygen atoms in total. The van der Waals surface area contributed by atoms with Gasteiger partial charge in [-0.15, -0.1) is 0 Å². The predicted molar refractivity (Wildman–Crippen MR) is 66.7 cm³/mol. The van der Waals surface area contributed by atoms with E-state index < -0.39 is 0 Å². The number of nitrogens with zero attached hydrogens (tertiary/aromatic N) is 2. The van der Waals surface area contributed by atoms with Gasteiger partial charge in [0.25, 0.3) is 0 Å². The molecule has 2 aromatic rings. The zero-order chi connectivity index (χ0) is 12.1. The van der Waals surface area contributed by atoms with Crippen molar-refractivity contribution in [1.82, 2.24) is 14.9 Å². The van der Waals surface area contributed by atoms with Crippen LogP contribution in [0.1, 0.15) is 30.6 Å². The monoisotopic (exact) mass is 233 g/mol. The van der Waals surface area contributed by atoms with Gasteiger partial charge in [0.2, 0.25) is 0 Å². The third-order valence-electron chi connectivity index (χ3n) is 2.87. The molecule has 0 aliphatic carbocycles. The second-order valence-corrected chi connectivity index (χ2v) is 4.27. The van der Waals surface area contributed by atoms with E-state index in [0.29, 0.717) is 6.04 Å². The van der Waals surface area contributed by atoms with Crippen molar-refractivity contribution in [3.63, 3.8) is 0 Å². The number of imidazole rings is 1. The van der Waals surface area contributed by atoms with Crippen LogP contribution in [0.2, 0.25) is 0 Å². The Bertz CT molecular complexity index is 433. The smallest absolute Gasteiger partial charge is 0.0946 e. The molecule has 0 fully saturated rings. The first-order valence-electron chi connectivity index (χ1n) is 6.02. The number of nitrogens with one attached hydrogen (secondary N) is 1. The fraction of sp³-hybridized carbons (Fsp3) is 0.462. The van der Waals surface area contributed by atoms with Gasteiger partial charge < -0.3 is 14.3 Å². The molecule has 0 saturated heterocycles. The van der Waals surface area contributed by atoms with Gasteiger partial charge in [-0.3, -0.25) is 0 Å². The maximum atomic E-state index is 5.12. The maximum absolute atomic E-state index is 5.12. The summed E-state index contributed by atoms with van der Waals surface area (Å²) in [5.74, 6) is 0. The molecule has 2 rings (SSSR count). The Balaban J connectivity index is 2.11. The molecule has 2 heterocycles. The Morgan fingerprint density at radius 1 is 1.53 bits per heavy atom. The molecule has 0 aliphatic heterocycles. The minimum atomic E-state index is 0.292. The van der Waals surface area contributed by atoms with E-state index in [1.165, 1.54) is 11.3 Å². The summed E-state index contributed by atoms with van der Waals surface area (Å²) in [5, 5.41) is 3.55. The van der Waals surface area contributed by atoms with E-state index >= 15 is 0 Å². The molecule has 0 bridgehead atoms. The van der Waals surface area contributed by atoms with Gasteiger partial charge >= 0.3 is 0 Å². The van der Waals surface area contributed by atoms with Crippen molar-refractivity contribution in [2.24, 2.45) is 7.05 Å². The minimum Gasteiger partial charge on any atom is -0.472 e. The fourth-order valence-corrected chi connectivity index (χ4v) is 1.95. The van der Waals surface area contributed by atoms with Gasteiger partial charge in [-0.25, -0.2) is 4.98 Å². The second kappa shape index (κ2) is 5.68. The molecule has 0 saturated carbocycles. The molecule has 0 aromatic carbocycles. The summed E-state index contributed by atoms with van der Waals surface area (Å²) < 4.78 is 7.18. The van der Waals surface area contributed by atoms with Crippen molar-refractivity contribution in [2.75, 3.05) is 6.54 Å². The zero-order valence-electron chi connectivity index (χ0n) is 10.4. The molecule has 4 heteroatoms. The van der Waals surface area contributed by atoms with Crippen LogP contribution in [0.4, 0.5) is 0 Å². The van der Waals surface area contributed by atoms with Crippen molar-refractivity contribution in [2.45, 2.75) is 25.8 Å². The number of hydrogen-bond donors (Lipinski definition) is 1. The molecule has 1 N–H and O–H groups in total. The molecule has 0 aliphatic rings. The van der Waals surface area contributed by atoms with Crippen molar-refractivity contribution in [1.29, 1.82) is 0 Å². The Morgan fingerprint density at radius 2 is 2.41 bits per heavy atom. The first-order valence-corrected chi connectivity index (χ1v) is 6.02. The molecule has 2 aromatic heterocycles. The van der Waals surface area contributed by atoms with Crippen molar-refractivity contribution in [3.8, 4) is 0 Å². The van der Waals surface area contributed by atoms with Gasteiger partial charge in [0.1, 0.15) is 0 Å². The molecule has 0 radical (unpaired) electrons. The highest BCUT2D eigenvalue weighted by molar-refractivity contribution is 5.13. The van der Waals surface area contributed by atoms with Gasteiger partial charge in [-0.05, 0) is 31.0 Å². The predicted octanol–water partition coefficient (Wildman–Crippen LogP) is 2.30. The molecule has 1 unspecified atom stereocenters. The normalized spacial score (nSPS) is 12.8. The van der Waals surface area contributed by atoms with Crippen LogP contribution in [0.25, 0.3) is 0 Å². The molecule has 1 atom stereocenters. The topological polar surface area (TPSA) is 43.0 Å². The van der Waals surface area contributed by atoms with E-state index in [0.717, 1.165) is 19.4 Å². The number of rotatable bonds is 6. The first-order chi connectivity index (χ1) is 8.31. The Kier molecular flexibility index (Phi) is 3.98. The van der Waals surface area contributed by atoms with Crippen LogP contribution >= 0.6 is 0 Å². The lowest BCUT2D eigenvalue weighted by Gasteiger charge is -2.18. The Labute approximate surface area is 102 Å². The van der Waals surface area contributed by atoms with E-state index in [9.17, 15) is 0 Å². The summed E-state index contributed by atoms with van der Waals surface area (Å²) in [4.78, 5) is 4.18. The SMILES string of the molecule is CCCNC(Cc1ccoc1)c1cncn1C. The number of hydrogen-bond acceptors (Lipinski definition) is 3. The van der Waals surface area contributed by atoms with Crippen molar-refractivity contribution in [3.05, 3.63) is 42.4 Å². The Hall–Kier alpha value is -1.55. The van der Waals surface area contributed by atoms with E-state index in [-0.39, 0.29) is 0 Å². The second-order valence-electron chi connectivity index (χ2n) is 4.27. The molecular formula is C13H19N3O. The summed E-state index contributed by atoms with van der Waals surface area (Å²) in [7, 11) is 2.03. The average Bonchev–Trinajstić information content (AvgIpc) is 2.95. The summed E-state index contributed by atoms with van der Waals surface area (Å²) >= 11 is 0. The summed E-state index contributed by atoms with van der Waals surface area (Å²) in [6.45, 7) is 3.18. The molecular weight excluding hydrogens is 214 g/mol. The van der Waals surface area contributed by atoms with E-state index in [1.54, 1.807) is 12.5 Å². The standard InChI is InChI=1S/C13H19N3O/c1-3-5-15-12(7-11-4-6-17-9-11)13-8-14-10-16(13)2/h4,6,8-10,12,15H,3,5,7H2,1-2H3. The lowest BCUT2D eigenvalue weighted by atomic mass is 10.1. The third kappa shape index (κ3) is 2.97. The minimum absolute atomic E-state index is 0.292. The summed E-state index contributed by atoms with van der Waals surface area (Å²) in [6.07, 6.45) is 9.33. The highest BCUT2D eigenvalue weighted by Gasteiger charge is 2.15. The van der Waals surface area contributed by atoms with Crippen LogP contribution in [0.5, 0.6) is 0 Å². The highest BCUT2D eigenvalue weighted by atomic mass is 16.3. The lowest BCUT2D eigenvalue weighted by molar-refractivity contribution is 0.499. The molecule has 17 heavy (non-hydrogen) atoms. The van der Waals surface area contributed by atoms with Crippen LogP contribution in [-0.2, 0) is 13.5 Å². The van der Waals surface area contributed by atoms with Crippen LogP contribution in [0.15, 0.2) is 35.5 Å². The molecule has 0 spiro atoms. The van der Waals surface area contributed by atoms with Crippen LogP contribution < -0.4 is 5.32 Å². The van der Waals surface area contributed by atoms with Gasteiger partial charge in [0, 0.05) is 13.2 Å². The van der Waals surface area contributed by atoms with Crippen LogP contribution in [-0.4, -0.2) is 16.1 Å². The molecule has 92 valence electrons. The highest BCUT2D eigenvalue weighted by Crippen LogP contribution is 2.18. The Morgan fingerprint density at radius 3 is 3.00 bits per heavy atom. The summed E-state index contributed by atoms with van der Waals surface area (Å²) in [6, 6.07) is 2.30. The van der Waals surface area contributed by atoms with Gasteiger partial charge in [-0.2, -0.15) is 0 Å².